The van der Waals surface area contributed by atoms with E-state index in [0.29, 0.717) is 24.2 Å². The number of nitrogens with zero attached hydrogens (tertiary/aromatic N) is 2. The Morgan fingerprint density at radius 2 is 1.91 bits per heavy atom. The van der Waals surface area contributed by atoms with Crippen LogP contribution in [0.4, 0.5) is 10.1 Å². The number of nitrogens with two attached hydrogens (primary N) is 1. The van der Waals surface area contributed by atoms with Crippen LogP contribution >= 0.6 is 0 Å². The number of hydrogen-bond acceptors (Lipinski definition) is 4. The lowest BCUT2D eigenvalue weighted by Gasteiger charge is -2.24. The normalized spacial score (nSPS) is 21.7. The number of fused-ring (bicyclic) bond motifs is 2. The van der Waals surface area contributed by atoms with E-state index < -0.39 is 20.7 Å². The number of benzene rings is 2. The first-order valence-electron chi connectivity index (χ1n) is 10.9. The van der Waals surface area contributed by atoms with Gasteiger partial charge in [-0.1, -0.05) is 32.0 Å². The second-order valence-electron chi connectivity index (χ2n) is 8.96. The van der Waals surface area contributed by atoms with Gasteiger partial charge >= 0.3 is 0 Å². The smallest absolute Gasteiger partial charge is 0.241 e. The maximum absolute atomic E-state index is 14.4. The zero-order valence-corrected chi connectivity index (χ0v) is 19.1. The summed E-state index contributed by atoms with van der Waals surface area (Å²) in [6.45, 7) is 4.31. The lowest BCUT2D eigenvalue weighted by atomic mass is 9.93. The van der Waals surface area contributed by atoms with Crippen LogP contribution in [0.5, 0.6) is 0 Å². The molecule has 0 unspecified atom stereocenters. The van der Waals surface area contributed by atoms with Crippen molar-refractivity contribution in [2.24, 2.45) is 11.1 Å². The minimum atomic E-state index is -4.25. The minimum absolute atomic E-state index is 0.00259. The fraction of sp³-hybridized carbons (Fsp3) is 0.280. The van der Waals surface area contributed by atoms with Crippen LogP contribution in [0.25, 0.3) is 11.3 Å². The van der Waals surface area contributed by atoms with Crippen molar-refractivity contribution in [2.75, 3.05) is 11.4 Å². The number of primary sulfonamides is 1. The largest absolute Gasteiger partial charge is 0.311 e. The van der Waals surface area contributed by atoms with Gasteiger partial charge in [-0.2, -0.15) is 0 Å². The Morgan fingerprint density at radius 1 is 1.12 bits per heavy atom. The third kappa shape index (κ3) is 3.63. The van der Waals surface area contributed by atoms with E-state index in [-0.39, 0.29) is 23.7 Å². The number of carbonyl (C=O) groups excluding carboxylic acids is 1. The molecule has 0 radical (unpaired) electrons. The Bertz CT molecular complexity index is 1380. The molecule has 0 bridgehead atoms. The quantitative estimate of drug-likeness (QED) is 0.634. The van der Waals surface area contributed by atoms with Crippen LogP contribution in [0.2, 0.25) is 0 Å². The summed E-state index contributed by atoms with van der Waals surface area (Å²) in [6.07, 6.45) is 2.33. The Kier molecular flexibility index (Phi) is 5.10. The molecule has 3 atom stereocenters. The topological polar surface area (TPSA) is 93.4 Å². The van der Waals surface area contributed by atoms with Gasteiger partial charge in [0, 0.05) is 35.8 Å². The number of sulfonamides is 1. The van der Waals surface area contributed by atoms with E-state index in [1.54, 1.807) is 11.1 Å². The van der Waals surface area contributed by atoms with E-state index in [4.69, 9.17) is 5.14 Å². The molecule has 1 aromatic heterocycles. The number of anilines is 1. The van der Waals surface area contributed by atoms with Gasteiger partial charge in [0.1, 0.15) is 10.7 Å². The van der Waals surface area contributed by atoms with Crippen molar-refractivity contribution in [2.45, 2.75) is 37.0 Å². The van der Waals surface area contributed by atoms with Crippen LogP contribution in [-0.4, -0.2) is 25.9 Å². The highest BCUT2D eigenvalue weighted by Gasteiger charge is 2.41. The van der Waals surface area contributed by atoms with Gasteiger partial charge in [0.05, 0.1) is 5.69 Å². The average Bonchev–Trinajstić information content (AvgIpc) is 3.29. The average molecular weight is 466 g/mol. The third-order valence-corrected chi connectivity index (χ3v) is 7.81. The first-order valence-corrected chi connectivity index (χ1v) is 12.4. The zero-order valence-electron chi connectivity index (χ0n) is 18.3. The molecular formula is C25H24FN3O3S. The van der Waals surface area contributed by atoms with Gasteiger partial charge in [-0.3, -0.25) is 9.78 Å². The van der Waals surface area contributed by atoms with Crippen molar-refractivity contribution in [3.63, 3.8) is 0 Å². The minimum Gasteiger partial charge on any atom is -0.311 e. The summed E-state index contributed by atoms with van der Waals surface area (Å²) in [5.74, 6) is -1.37. The van der Waals surface area contributed by atoms with E-state index in [2.05, 4.69) is 17.1 Å². The number of rotatable bonds is 3. The molecule has 0 saturated heterocycles. The second kappa shape index (κ2) is 7.74. The highest BCUT2D eigenvalue weighted by Crippen LogP contribution is 2.44. The predicted octanol–water partition coefficient (Wildman–Crippen LogP) is 3.96. The van der Waals surface area contributed by atoms with E-state index in [1.165, 1.54) is 12.1 Å². The molecule has 2 heterocycles. The van der Waals surface area contributed by atoms with Crippen molar-refractivity contribution < 1.29 is 17.6 Å². The molecular weight excluding hydrogens is 441 g/mol. The van der Waals surface area contributed by atoms with Crippen LogP contribution in [0.1, 0.15) is 42.4 Å². The van der Waals surface area contributed by atoms with E-state index in [9.17, 15) is 17.6 Å². The van der Waals surface area contributed by atoms with Gasteiger partial charge in [-0.15, -0.1) is 0 Å². The van der Waals surface area contributed by atoms with Gasteiger partial charge < -0.3 is 4.90 Å². The van der Waals surface area contributed by atoms with E-state index in [1.807, 2.05) is 38.1 Å². The first kappa shape index (κ1) is 21.7. The van der Waals surface area contributed by atoms with Gasteiger partial charge in [0.2, 0.25) is 15.9 Å². The number of amides is 1. The summed E-state index contributed by atoms with van der Waals surface area (Å²) in [5.41, 5.74) is 5.17. The standard InChI is InChI=1S/C25H24FN3O3S/c1-14-13-29(23-12-24(33(27,31)32)21(26)11-19(14)23)25(30)20-10-17-9-16(6-7-18(17)15(20)2)22-5-3-4-8-28-22/h3-9,11-12,14-15,20H,10,13H2,1-2H3,(H2,27,31,32)/t14-,15+,20+/m1/s1. The number of halogens is 1. The summed E-state index contributed by atoms with van der Waals surface area (Å²) in [5, 5.41) is 5.20. The molecule has 3 aromatic rings. The Labute approximate surface area is 192 Å². The molecule has 2 aromatic carbocycles. The fourth-order valence-corrected chi connectivity index (χ4v) is 5.74. The number of pyridine rings is 1. The van der Waals surface area contributed by atoms with Crippen molar-refractivity contribution >= 4 is 21.6 Å². The van der Waals surface area contributed by atoms with Crippen molar-refractivity contribution in [1.29, 1.82) is 0 Å². The molecule has 8 heteroatoms. The maximum atomic E-state index is 14.4. The molecule has 0 fully saturated rings. The molecule has 2 aliphatic rings. The van der Waals surface area contributed by atoms with Crippen LogP contribution in [0, 0.1) is 11.7 Å². The SMILES string of the molecule is C[C@@H]1CN(C(=O)[C@H]2Cc3cc(-c4ccccn4)ccc3[C@@H]2C)c2cc(S(N)(=O)=O)c(F)cc21. The molecule has 1 aliphatic heterocycles. The van der Waals surface area contributed by atoms with Gasteiger partial charge in [-0.05, 0) is 59.4 Å². The molecule has 0 saturated carbocycles. The molecule has 170 valence electrons. The van der Waals surface area contributed by atoms with E-state index >= 15 is 0 Å². The lowest BCUT2D eigenvalue weighted by Crippen LogP contribution is -2.36. The molecule has 2 N–H and O–H groups in total. The van der Waals surface area contributed by atoms with Gasteiger partial charge in [-0.25, -0.2) is 17.9 Å². The maximum Gasteiger partial charge on any atom is 0.241 e. The molecule has 1 aliphatic carbocycles. The highest BCUT2D eigenvalue weighted by atomic mass is 32.2. The molecule has 6 nitrogen and oxygen atoms in total. The lowest BCUT2D eigenvalue weighted by molar-refractivity contribution is -0.122. The number of aromatic nitrogens is 1. The number of hydrogen-bond donors (Lipinski definition) is 1. The molecule has 5 rings (SSSR count). The molecule has 1 amide bonds. The summed E-state index contributed by atoms with van der Waals surface area (Å²) in [6, 6.07) is 14.3. The Hall–Kier alpha value is -3.10. The fourth-order valence-electron chi connectivity index (χ4n) is 5.14. The Morgan fingerprint density at radius 3 is 2.61 bits per heavy atom. The van der Waals surface area contributed by atoms with Crippen molar-refractivity contribution in [1.82, 2.24) is 4.98 Å². The van der Waals surface area contributed by atoms with Gasteiger partial charge in [0.15, 0.2) is 0 Å². The number of carbonyl (C=O) groups is 1. The Balaban J connectivity index is 1.47. The highest BCUT2D eigenvalue weighted by molar-refractivity contribution is 7.89. The van der Waals surface area contributed by atoms with Crippen LogP contribution < -0.4 is 10.0 Å². The predicted molar refractivity (Wildman–Crippen MR) is 124 cm³/mol. The monoisotopic (exact) mass is 465 g/mol. The van der Waals surface area contributed by atoms with Crippen LogP contribution in [0.3, 0.4) is 0 Å². The molecule has 33 heavy (non-hydrogen) atoms. The third-order valence-electron chi connectivity index (χ3n) is 6.89. The zero-order chi connectivity index (χ0) is 23.5. The summed E-state index contributed by atoms with van der Waals surface area (Å²) >= 11 is 0. The second-order valence-corrected chi connectivity index (χ2v) is 10.5. The van der Waals surface area contributed by atoms with Gasteiger partial charge in [0.25, 0.3) is 0 Å². The first-order chi connectivity index (χ1) is 15.6. The van der Waals surface area contributed by atoms with Crippen LogP contribution in [-0.2, 0) is 21.2 Å². The van der Waals surface area contributed by atoms with Crippen molar-refractivity contribution in [3.05, 3.63) is 77.2 Å². The van der Waals surface area contributed by atoms with Crippen molar-refractivity contribution in [3.8, 4) is 11.3 Å². The summed E-state index contributed by atoms with van der Waals surface area (Å²) in [4.78, 5) is 19.1. The van der Waals surface area contributed by atoms with Crippen LogP contribution in [0.15, 0.2) is 59.6 Å². The molecule has 0 spiro atoms. The summed E-state index contributed by atoms with van der Waals surface area (Å²) < 4.78 is 38.1. The van der Waals surface area contributed by atoms with E-state index in [0.717, 1.165) is 22.4 Å². The summed E-state index contributed by atoms with van der Waals surface area (Å²) in [7, 11) is -4.25.